The molecule has 7 heteroatoms. The van der Waals surface area contributed by atoms with E-state index in [2.05, 4.69) is 4.98 Å². The summed E-state index contributed by atoms with van der Waals surface area (Å²) in [5, 5.41) is 17.1. The predicted octanol–water partition coefficient (Wildman–Crippen LogP) is 1.10. The molecule has 3 N–H and O–H groups in total. The Balaban J connectivity index is 3.35. The summed E-state index contributed by atoms with van der Waals surface area (Å²) in [5.74, 6) is -1.29. The number of aromatic nitrogens is 1. The van der Waals surface area contributed by atoms with Crippen molar-refractivity contribution in [2.45, 2.75) is 12.8 Å². The second-order valence-electron chi connectivity index (χ2n) is 2.93. The zero-order valence-corrected chi connectivity index (χ0v) is 7.94. The van der Waals surface area contributed by atoms with Crippen LogP contribution in [0.1, 0.15) is 23.2 Å². The van der Waals surface area contributed by atoms with Crippen LogP contribution in [0.5, 0.6) is 0 Å². The highest BCUT2D eigenvalue weighted by Gasteiger charge is 2.21. The molecule has 0 aliphatic rings. The first kappa shape index (κ1) is 11.8. The first-order valence-corrected chi connectivity index (χ1v) is 4.14. The van der Waals surface area contributed by atoms with Gasteiger partial charge in [-0.1, -0.05) is 0 Å². The van der Waals surface area contributed by atoms with Gasteiger partial charge in [0, 0.05) is 6.20 Å². The minimum atomic E-state index is -2.96. The van der Waals surface area contributed by atoms with Crippen molar-refractivity contribution >= 4 is 11.7 Å². The maximum Gasteiger partial charge on any atom is 0.309 e. The van der Waals surface area contributed by atoms with E-state index in [4.69, 9.17) is 16.1 Å². The number of nitrogen functional groups attached to an aromatic ring is 1. The number of hydrogen-bond donors (Lipinski definition) is 2. The number of halogens is 2. The molecule has 1 aromatic heterocycles. The molecule has 0 aliphatic heterocycles. The van der Waals surface area contributed by atoms with Crippen molar-refractivity contribution in [1.29, 1.82) is 5.26 Å². The molecule has 0 fully saturated rings. The van der Waals surface area contributed by atoms with Crippen molar-refractivity contribution in [3.8, 4) is 6.07 Å². The van der Waals surface area contributed by atoms with Crippen molar-refractivity contribution in [2.24, 2.45) is 0 Å². The lowest BCUT2D eigenvalue weighted by atomic mass is 10.1. The van der Waals surface area contributed by atoms with Gasteiger partial charge in [0.25, 0.3) is 6.43 Å². The molecule has 84 valence electrons. The Morgan fingerprint density at radius 1 is 1.69 bits per heavy atom. The third kappa shape index (κ3) is 2.23. The molecule has 5 nitrogen and oxygen atoms in total. The molecule has 16 heavy (non-hydrogen) atoms. The summed E-state index contributed by atoms with van der Waals surface area (Å²) in [5.41, 5.74) is 3.73. The van der Waals surface area contributed by atoms with Crippen LogP contribution in [0, 0.1) is 11.3 Å². The predicted molar refractivity (Wildman–Crippen MR) is 49.7 cm³/mol. The smallest absolute Gasteiger partial charge is 0.309 e. The van der Waals surface area contributed by atoms with Crippen LogP contribution >= 0.6 is 0 Å². The zero-order chi connectivity index (χ0) is 12.3. The van der Waals surface area contributed by atoms with Gasteiger partial charge in [-0.25, -0.2) is 8.78 Å². The molecule has 1 rings (SSSR count). The van der Waals surface area contributed by atoms with E-state index in [1.54, 1.807) is 6.07 Å². The molecule has 0 unspecified atom stereocenters. The second kappa shape index (κ2) is 4.53. The average molecular weight is 227 g/mol. The van der Waals surface area contributed by atoms with E-state index >= 15 is 0 Å². The number of pyridine rings is 1. The van der Waals surface area contributed by atoms with E-state index in [1.165, 1.54) is 0 Å². The van der Waals surface area contributed by atoms with Gasteiger partial charge in [0.05, 0.1) is 28.9 Å². The Bertz CT molecular complexity index is 469. The summed E-state index contributed by atoms with van der Waals surface area (Å²) in [6.45, 7) is 0. The van der Waals surface area contributed by atoms with Crippen LogP contribution in [0.2, 0.25) is 0 Å². The molecule has 0 spiro atoms. The lowest BCUT2D eigenvalue weighted by Gasteiger charge is -2.10. The van der Waals surface area contributed by atoms with Gasteiger partial charge < -0.3 is 10.8 Å². The first-order chi connectivity index (χ1) is 7.47. The number of nitrogens with two attached hydrogens (primary N) is 1. The van der Waals surface area contributed by atoms with Crippen molar-refractivity contribution < 1.29 is 18.7 Å². The van der Waals surface area contributed by atoms with Gasteiger partial charge in [-0.15, -0.1) is 0 Å². The SMILES string of the molecule is N#Cc1cnc(CC(=O)O)c(C(F)F)c1N. The number of anilines is 1. The van der Waals surface area contributed by atoms with Crippen LogP contribution in [-0.4, -0.2) is 16.1 Å². The molecule has 1 heterocycles. The summed E-state index contributed by atoms with van der Waals surface area (Å²) < 4.78 is 25.3. The van der Waals surface area contributed by atoms with E-state index in [-0.39, 0.29) is 11.3 Å². The van der Waals surface area contributed by atoms with Crippen LogP contribution < -0.4 is 5.73 Å². The van der Waals surface area contributed by atoms with E-state index in [0.29, 0.717) is 0 Å². The Morgan fingerprint density at radius 2 is 2.31 bits per heavy atom. The maximum absolute atomic E-state index is 12.6. The number of hydrogen-bond acceptors (Lipinski definition) is 4. The Hall–Kier alpha value is -2.23. The van der Waals surface area contributed by atoms with Crippen molar-refractivity contribution in [2.75, 3.05) is 5.73 Å². The number of nitriles is 1. The van der Waals surface area contributed by atoms with Crippen LogP contribution in [0.4, 0.5) is 14.5 Å². The molecule has 0 aliphatic carbocycles. The number of carboxylic acids is 1. The normalized spacial score (nSPS) is 10.1. The van der Waals surface area contributed by atoms with E-state index in [0.717, 1.165) is 6.20 Å². The summed E-state index contributed by atoms with van der Waals surface area (Å²) >= 11 is 0. The molecule has 1 aromatic rings. The molecule has 0 bridgehead atoms. The molecular formula is C9H7F2N3O2. The fourth-order valence-corrected chi connectivity index (χ4v) is 1.20. The monoisotopic (exact) mass is 227 g/mol. The highest BCUT2D eigenvalue weighted by atomic mass is 19.3. The third-order valence-corrected chi connectivity index (χ3v) is 1.90. The Labute approximate surface area is 89.1 Å². The molecule has 0 amide bonds. The van der Waals surface area contributed by atoms with Gasteiger partial charge in [-0.2, -0.15) is 5.26 Å². The van der Waals surface area contributed by atoms with Gasteiger partial charge in [0.1, 0.15) is 6.07 Å². The topological polar surface area (TPSA) is 100 Å². The fourth-order valence-electron chi connectivity index (χ4n) is 1.20. The lowest BCUT2D eigenvalue weighted by molar-refractivity contribution is -0.136. The summed E-state index contributed by atoms with van der Waals surface area (Å²) in [6.07, 6.45) is -2.63. The van der Waals surface area contributed by atoms with Gasteiger partial charge in [-0.3, -0.25) is 9.78 Å². The highest BCUT2D eigenvalue weighted by molar-refractivity contribution is 5.72. The zero-order valence-electron chi connectivity index (χ0n) is 7.94. The summed E-state index contributed by atoms with van der Waals surface area (Å²) in [6, 6.07) is 1.60. The van der Waals surface area contributed by atoms with Gasteiger partial charge in [0.15, 0.2) is 0 Å². The molecule has 0 saturated heterocycles. The van der Waals surface area contributed by atoms with Crippen molar-refractivity contribution in [3.05, 3.63) is 23.0 Å². The molecule has 0 radical (unpaired) electrons. The number of alkyl halides is 2. The molecule has 0 saturated carbocycles. The van der Waals surface area contributed by atoms with E-state index in [1.807, 2.05) is 0 Å². The third-order valence-electron chi connectivity index (χ3n) is 1.90. The number of nitrogens with zero attached hydrogens (tertiary/aromatic N) is 2. The first-order valence-electron chi connectivity index (χ1n) is 4.14. The standard InChI is InChI=1S/C9H7F2N3O2/c10-9(11)7-5(1-6(15)16)14-3-4(2-12)8(7)13/h3,9H,1H2,(H2,13,14)(H,15,16). The number of rotatable bonds is 3. The van der Waals surface area contributed by atoms with Gasteiger partial charge in [0.2, 0.25) is 0 Å². The Kier molecular flexibility index (Phi) is 3.35. The van der Waals surface area contributed by atoms with Crippen molar-refractivity contribution in [1.82, 2.24) is 4.98 Å². The molecular weight excluding hydrogens is 220 g/mol. The van der Waals surface area contributed by atoms with Crippen LogP contribution in [0.3, 0.4) is 0 Å². The lowest BCUT2D eigenvalue weighted by Crippen LogP contribution is -2.10. The summed E-state index contributed by atoms with van der Waals surface area (Å²) in [7, 11) is 0. The van der Waals surface area contributed by atoms with Crippen LogP contribution in [-0.2, 0) is 11.2 Å². The van der Waals surface area contributed by atoms with Gasteiger partial charge in [-0.05, 0) is 0 Å². The minimum Gasteiger partial charge on any atom is -0.481 e. The maximum atomic E-state index is 12.6. The quantitative estimate of drug-likeness (QED) is 0.805. The summed E-state index contributed by atoms with van der Waals surface area (Å²) in [4.78, 5) is 13.9. The second-order valence-corrected chi connectivity index (χ2v) is 2.93. The Morgan fingerprint density at radius 3 is 2.75 bits per heavy atom. The van der Waals surface area contributed by atoms with E-state index < -0.39 is 30.1 Å². The molecule has 0 aromatic carbocycles. The number of carboxylic acid groups (broad SMARTS) is 1. The average Bonchev–Trinajstić information content (AvgIpc) is 2.16. The van der Waals surface area contributed by atoms with Crippen molar-refractivity contribution in [3.63, 3.8) is 0 Å². The van der Waals surface area contributed by atoms with Crippen LogP contribution in [0.15, 0.2) is 6.20 Å². The van der Waals surface area contributed by atoms with Crippen LogP contribution in [0.25, 0.3) is 0 Å². The largest absolute Gasteiger partial charge is 0.481 e. The number of carbonyl (C=O) groups is 1. The minimum absolute atomic E-state index is 0.190. The van der Waals surface area contributed by atoms with E-state index in [9.17, 15) is 13.6 Å². The molecule has 0 atom stereocenters. The highest BCUT2D eigenvalue weighted by Crippen LogP contribution is 2.29. The number of aliphatic carboxylic acids is 1. The fraction of sp³-hybridized carbons (Fsp3) is 0.222. The van der Waals surface area contributed by atoms with Gasteiger partial charge >= 0.3 is 5.97 Å².